The summed E-state index contributed by atoms with van der Waals surface area (Å²) >= 11 is 0. The highest BCUT2D eigenvalue weighted by Gasteiger charge is 2.22. The van der Waals surface area contributed by atoms with Crippen molar-refractivity contribution >= 4 is 11.6 Å². The maximum absolute atomic E-state index is 13.4. The van der Waals surface area contributed by atoms with Gasteiger partial charge in [-0.05, 0) is 27.7 Å². The summed E-state index contributed by atoms with van der Waals surface area (Å²) in [6.45, 7) is 8.83. The minimum absolute atomic E-state index is 0.164. The minimum atomic E-state index is -0.641. The van der Waals surface area contributed by atoms with Crippen molar-refractivity contribution in [3.8, 4) is 0 Å². The average Bonchev–Trinajstić information content (AvgIpc) is 2.30. The molecule has 1 heterocycles. The van der Waals surface area contributed by atoms with Gasteiger partial charge in [0.05, 0.1) is 11.2 Å². The Hall–Kier alpha value is -1.39. The molecular formula is C10H16FN3O. The lowest BCUT2D eigenvalue weighted by Crippen LogP contribution is -2.24. The largest absolute Gasteiger partial charge is 0.321 e. The summed E-state index contributed by atoms with van der Waals surface area (Å²) in [5.41, 5.74) is 0.481. The molecule has 5 heteroatoms. The molecule has 0 atom stereocenters. The van der Waals surface area contributed by atoms with Crippen molar-refractivity contribution in [2.45, 2.75) is 40.2 Å². The number of amides is 1. The van der Waals surface area contributed by atoms with Crippen LogP contribution in [0.2, 0.25) is 0 Å². The number of hydrogen-bond donors (Lipinski definition) is 1. The highest BCUT2D eigenvalue weighted by atomic mass is 19.1. The Morgan fingerprint density at radius 2 is 2.00 bits per heavy atom. The van der Waals surface area contributed by atoms with Crippen LogP contribution in [-0.2, 0) is 10.3 Å². The molecule has 1 aromatic heterocycles. The van der Waals surface area contributed by atoms with Gasteiger partial charge in [0.25, 0.3) is 5.95 Å². The zero-order valence-corrected chi connectivity index (χ0v) is 9.68. The van der Waals surface area contributed by atoms with E-state index in [1.54, 1.807) is 11.6 Å². The van der Waals surface area contributed by atoms with Crippen LogP contribution in [0.5, 0.6) is 0 Å². The van der Waals surface area contributed by atoms with Gasteiger partial charge in [-0.3, -0.25) is 9.48 Å². The van der Waals surface area contributed by atoms with Crippen LogP contribution in [-0.4, -0.2) is 15.7 Å². The van der Waals surface area contributed by atoms with Gasteiger partial charge in [0.2, 0.25) is 5.91 Å². The first kappa shape index (κ1) is 11.7. The van der Waals surface area contributed by atoms with Crippen LogP contribution in [0.15, 0.2) is 0 Å². The maximum Gasteiger partial charge on any atom is 0.256 e. The zero-order chi connectivity index (χ0) is 11.8. The Labute approximate surface area is 88.5 Å². The Morgan fingerprint density at radius 1 is 1.47 bits per heavy atom. The van der Waals surface area contributed by atoms with Gasteiger partial charge in [0.15, 0.2) is 0 Å². The fraction of sp³-hybridized carbons (Fsp3) is 0.600. The van der Waals surface area contributed by atoms with E-state index in [0.717, 1.165) is 0 Å². The summed E-state index contributed by atoms with van der Waals surface area (Å²) in [6.07, 6.45) is 0. The smallest absolute Gasteiger partial charge is 0.256 e. The van der Waals surface area contributed by atoms with Gasteiger partial charge in [-0.1, -0.05) is 0 Å². The van der Waals surface area contributed by atoms with Crippen molar-refractivity contribution in [2.24, 2.45) is 0 Å². The van der Waals surface area contributed by atoms with E-state index in [2.05, 4.69) is 10.4 Å². The molecule has 1 N–H and O–H groups in total. The summed E-state index contributed by atoms with van der Waals surface area (Å²) in [5.74, 6) is -0.942. The molecule has 0 aromatic carbocycles. The van der Waals surface area contributed by atoms with Crippen LogP contribution >= 0.6 is 0 Å². The first-order valence-electron chi connectivity index (χ1n) is 4.76. The van der Waals surface area contributed by atoms with Gasteiger partial charge >= 0.3 is 0 Å². The SMILES string of the molecule is CC(=O)Nc1c(F)nn(C(C)(C)C)c1C. The second-order valence-electron chi connectivity index (χ2n) is 4.52. The summed E-state index contributed by atoms with van der Waals surface area (Å²) in [5, 5.41) is 6.21. The number of carbonyl (C=O) groups excluding carboxylic acids is 1. The van der Waals surface area contributed by atoms with Crippen molar-refractivity contribution in [2.75, 3.05) is 5.32 Å². The fourth-order valence-corrected chi connectivity index (χ4v) is 1.44. The van der Waals surface area contributed by atoms with Gasteiger partial charge in [-0.25, -0.2) is 0 Å². The van der Waals surface area contributed by atoms with E-state index in [0.29, 0.717) is 5.69 Å². The molecule has 0 radical (unpaired) electrons. The Morgan fingerprint density at radius 3 is 2.33 bits per heavy atom. The summed E-state index contributed by atoms with van der Waals surface area (Å²) in [7, 11) is 0. The van der Waals surface area contributed by atoms with Gasteiger partial charge in [0.1, 0.15) is 5.69 Å². The highest BCUT2D eigenvalue weighted by Crippen LogP contribution is 2.24. The molecule has 0 saturated carbocycles. The normalized spacial score (nSPS) is 11.6. The molecule has 15 heavy (non-hydrogen) atoms. The zero-order valence-electron chi connectivity index (χ0n) is 9.68. The van der Waals surface area contributed by atoms with Crippen molar-refractivity contribution < 1.29 is 9.18 Å². The number of nitrogens with zero attached hydrogens (tertiary/aromatic N) is 2. The highest BCUT2D eigenvalue weighted by molar-refractivity contribution is 5.89. The molecule has 1 rings (SSSR count). The maximum atomic E-state index is 13.4. The molecule has 0 aliphatic heterocycles. The Kier molecular flexibility index (Phi) is 2.83. The van der Waals surface area contributed by atoms with Gasteiger partial charge in [-0.2, -0.15) is 4.39 Å². The second kappa shape index (κ2) is 3.64. The molecule has 0 aliphatic carbocycles. The van der Waals surface area contributed by atoms with E-state index in [9.17, 15) is 9.18 Å². The number of nitrogens with one attached hydrogen (secondary N) is 1. The topological polar surface area (TPSA) is 46.9 Å². The number of carbonyl (C=O) groups is 1. The monoisotopic (exact) mass is 213 g/mol. The van der Waals surface area contributed by atoms with Crippen molar-refractivity contribution in [3.05, 3.63) is 11.6 Å². The summed E-state index contributed by atoms with van der Waals surface area (Å²) < 4.78 is 15.0. The number of hydrogen-bond acceptors (Lipinski definition) is 2. The van der Waals surface area contributed by atoms with E-state index in [4.69, 9.17) is 0 Å². The van der Waals surface area contributed by atoms with Crippen molar-refractivity contribution in [3.63, 3.8) is 0 Å². The Balaban J connectivity index is 3.21. The molecule has 1 amide bonds. The quantitative estimate of drug-likeness (QED) is 0.776. The molecule has 0 unspecified atom stereocenters. The van der Waals surface area contributed by atoms with Crippen LogP contribution < -0.4 is 5.32 Å². The molecule has 4 nitrogen and oxygen atoms in total. The molecule has 0 aliphatic rings. The molecule has 0 spiro atoms. The van der Waals surface area contributed by atoms with Gasteiger partial charge in [-0.15, -0.1) is 5.10 Å². The summed E-state index contributed by atoms with van der Waals surface area (Å²) in [4.78, 5) is 10.9. The van der Waals surface area contributed by atoms with E-state index in [-0.39, 0.29) is 17.1 Å². The molecule has 0 bridgehead atoms. The number of anilines is 1. The Bertz CT molecular complexity index is 390. The van der Waals surface area contributed by atoms with Gasteiger partial charge in [0, 0.05) is 6.92 Å². The molecular weight excluding hydrogens is 197 g/mol. The average molecular weight is 213 g/mol. The standard InChI is InChI=1S/C10H16FN3O/c1-6-8(12-7(2)15)9(11)13-14(6)10(3,4)5/h1-5H3,(H,12,15). The van der Waals surface area contributed by atoms with Crippen LogP contribution in [0.25, 0.3) is 0 Å². The predicted octanol–water partition coefficient (Wildman–Crippen LogP) is 2.04. The minimum Gasteiger partial charge on any atom is -0.321 e. The lowest BCUT2D eigenvalue weighted by molar-refractivity contribution is -0.114. The molecule has 0 saturated heterocycles. The van der Waals surface area contributed by atoms with E-state index >= 15 is 0 Å². The molecule has 0 fully saturated rings. The van der Waals surface area contributed by atoms with Crippen LogP contribution in [0, 0.1) is 12.9 Å². The predicted molar refractivity (Wildman–Crippen MR) is 56.2 cm³/mol. The van der Waals surface area contributed by atoms with Crippen LogP contribution in [0.4, 0.5) is 10.1 Å². The van der Waals surface area contributed by atoms with E-state index in [1.165, 1.54) is 6.92 Å². The fourth-order valence-electron chi connectivity index (χ4n) is 1.44. The number of aromatic nitrogens is 2. The van der Waals surface area contributed by atoms with Crippen molar-refractivity contribution in [1.82, 2.24) is 9.78 Å². The third kappa shape index (κ3) is 2.34. The van der Waals surface area contributed by atoms with Crippen LogP contribution in [0.1, 0.15) is 33.4 Å². The number of halogens is 1. The third-order valence-electron chi connectivity index (χ3n) is 2.01. The molecule has 1 aromatic rings. The van der Waals surface area contributed by atoms with E-state index in [1.807, 2.05) is 20.8 Å². The van der Waals surface area contributed by atoms with Crippen LogP contribution in [0.3, 0.4) is 0 Å². The summed E-state index contributed by atoms with van der Waals surface area (Å²) in [6, 6.07) is 0. The van der Waals surface area contributed by atoms with Gasteiger partial charge < -0.3 is 5.32 Å². The number of rotatable bonds is 1. The van der Waals surface area contributed by atoms with E-state index < -0.39 is 5.95 Å². The third-order valence-corrected chi connectivity index (χ3v) is 2.01. The first-order valence-corrected chi connectivity index (χ1v) is 4.76. The first-order chi connectivity index (χ1) is 6.73. The molecule has 84 valence electrons. The van der Waals surface area contributed by atoms with Crippen molar-refractivity contribution in [1.29, 1.82) is 0 Å². The lowest BCUT2D eigenvalue weighted by atomic mass is 10.1. The second-order valence-corrected chi connectivity index (χ2v) is 4.52. The lowest BCUT2D eigenvalue weighted by Gasteiger charge is -2.21.